The van der Waals surface area contributed by atoms with Crippen LogP contribution in [-0.4, -0.2) is 136 Å². The van der Waals surface area contributed by atoms with E-state index in [-0.39, 0.29) is 98.5 Å². The van der Waals surface area contributed by atoms with Gasteiger partial charge in [-0.2, -0.15) is 25.5 Å². The van der Waals surface area contributed by atoms with Crippen molar-refractivity contribution in [3.8, 4) is 57.3 Å². The molecule has 12 heterocycles. The third-order valence-electron chi connectivity index (χ3n) is 23.0. The van der Waals surface area contributed by atoms with Gasteiger partial charge in [-0.25, -0.2) is 22.0 Å². The molecular weight excluding hydrogens is 1830 g/mol. The molecule has 14 N–H and O–H groups in total. The third kappa shape index (κ3) is 19.3. The summed E-state index contributed by atoms with van der Waals surface area (Å²) in [5, 5.41) is 67.3. The van der Waals surface area contributed by atoms with Gasteiger partial charge in [0.15, 0.2) is 28.8 Å². The number of nitrogens with two attached hydrogens (primary N) is 1. The lowest BCUT2D eigenvalue weighted by Gasteiger charge is -2.20. The average molecular weight is 1910 g/mol. The second-order valence-corrected chi connectivity index (χ2v) is 33.6. The zero-order valence-electron chi connectivity index (χ0n) is 74.5. The van der Waals surface area contributed by atoms with E-state index < -0.39 is 76.6 Å². The van der Waals surface area contributed by atoms with Crippen LogP contribution >= 0.6 is 11.3 Å². The molecule has 140 heavy (non-hydrogen) atoms. The zero-order chi connectivity index (χ0) is 97.5. The Labute approximate surface area is 791 Å². The van der Waals surface area contributed by atoms with Crippen LogP contribution in [0.5, 0.6) is 0 Å². The van der Waals surface area contributed by atoms with Gasteiger partial charge in [-0.1, -0.05) is 111 Å². The van der Waals surface area contributed by atoms with Crippen LogP contribution in [0.1, 0.15) is 90.1 Å². The lowest BCUT2D eigenvalue weighted by Crippen LogP contribution is -2.42. The number of hydrogen-bond acceptors (Lipinski definition) is 20. The molecule has 0 saturated carbocycles. The monoisotopic (exact) mass is 1910 g/mol. The molecule has 0 fully saturated rings. The highest BCUT2D eigenvalue weighted by Gasteiger charge is 2.30. The van der Waals surface area contributed by atoms with Gasteiger partial charge in [0, 0.05) is 58.4 Å². The van der Waals surface area contributed by atoms with Crippen molar-refractivity contribution in [3.05, 3.63) is 316 Å². The Morgan fingerprint density at radius 2 is 0.693 bits per heavy atom. The van der Waals surface area contributed by atoms with Gasteiger partial charge in [-0.05, 0) is 164 Å². The van der Waals surface area contributed by atoms with Crippen LogP contribution in [-0.2, 0) is 22.6 Å². The number of rotatable bonds is 23. The molecule has 22 rings (SSSR count). The van der Waals surface area contributed by atoms with Crippen molar-refractivity contribution in [2.45, 2.75) is 52.7 Å². The van der Waals surface area contributed by atoms with Gasteiger partial charge in [0.25, 0.3) is 29.5 Å². The molecule has 7 amide bonds. The molecule has 2 atom stereocenters. The van der Waals surface area contributed by atoms with Crippen molar-refractivity contribution in [2.24, 2.45) is 11.7 Å². The van der Waals surface area contributed by atoms with E-state index in [0.29, 0.717) is 126 Å². The molecule has 704 valence electrons. The van der Waals surface area contributed by atoms with Crippen molar-refractivity contribution in [1.82, 2.24) is 82.9 Å². The highest BCUT2D eigenvalue weighted by atomic mass is 32.1. The molecule has 0 radical (unpaired) electrons. The fourth-order valence-electron chi connectivity index (χ4n) is 15.7. The summed E-state index contributed by atoms with van der Waals surface area (Å²) in [7, 11) is 0. The van der Waals surface area contributed by atoms with E-state index in [1.54, 1.807) is 84.1 Å². The summed E-state index contributed by atoms with van der Waals surface area (Å²) in [6.45, 7) is 7.40. The lowest BCUT2D eigenvalue weighted by atomic mass is 10.0. The van der Waals surface area contributed by atoms with Gasteiger partial charge in [-0.3, -0.25) is 59.1 Å². The van der Waals surface area contributed by atoms with Crippen LogP contribution in [0.15, 0.2) is 275 Å². The lowest BCUT2D eigenvalue weighted by molar-refractivity contribution is -0.120. The highest BCUT2D eigenvalue weighted by Crippen LogP contribution is 2.41. The number of aromatic nitrogens is 10. The Morgan fingerprint density at radius 3 is 0.986 bits per heavy atom. The number of thiophene rings is 1. The molecule has 22 aromatic rings. The number of para-hydroxylation sites is 5. The number of aliphatic hydroxyl groups is 1. The van der Waals surface area contributed by atoms with Crippen molar-refractivity contribution in [1.29, 1.82) is 0 Å². The fraction of sp³-hybridized carbons (Fsp3) is 0.126. The molecule has 31 nitrogen and oxygen atoms in total. The summed E-state index contributed by atoms with van der Waals surface area (Å²) in [4.78, 5) is 85.4. The summed E-state index contributed by atoms with van der Waals surface area (Å²) >= 11 is 1.63. The number of carbonyl (C=O) groups excluding carboxylic acids is 7. The minimum absolute atomic E-state index is 0.0116. The summed E-state index contributed by atoms with van der Waals surface area (Å²) in [6, 6.07) is 67.3. The number of halogens is 5. The van der Waals surface area contributed by atoms with Crippen molar-refractivity contribution >= 4 is 162 Å². The maximum Gasteiger partial charge on any atom is 0.254 e. The number of nitrogens with one attached hydrogen (secondary N) is 11. The zero-order valence-corrected chi connectivity index (χ0v) is 75.3. The van der Waals surface area contributed by atoms with E-state index in [4.69, 9.17) is 32.2 Å². The molecule has 0 saturated heterocycles. The highest BCUT2D eigenvalue weighted by molar-refractivity contribution is 7.09. The average Bonchev–Trinajstić information content (AvgIpc) is 1.63. The second kappa shape index (κ2) is 40.4. The van der Waals surface area contributed by atoms with Crippen molar-refractivity contribution in [3.63, 3.8) is 0 Å². The largest absolute Gasteiger partial charge is 0.467 e. The molecule has 0 unspecified atom stereocenters. The number of nitrogens with zero attached hydrogens (tertiary/aromatic N) is 5. The van der Waals surface area contributed by atoms with Gasteiger partial charge >= 0.3 is 0 Å². The molecular formula is C103H82F5N17O14S. The number of H-pyrrole nitrogens is 5. The van der Waals surface area contributed by atoms with E-state index in [2.05, 4.69) is 82.9 Å². The Morgan fingerprint density at radius 1 is 0.379 bits per heavy atom. The van der Waals surface area contributed by atoms with Crippen LogP contribution in [0.2, 0.25) is 0 Å². The summed E-state index contributed by atoms with van der Waals surface area (Å²) < 4.78 is 110. The van der Waals surface area contributed by atoms with Crippen LogP contribution in [0, 0.1) is 35.0 Å². The molecule has 37 heteroatoms. The first-order valence-electron chi connectivity index (χ1n) is 43.8. The van der Waals surface area contributed by atoms with E-state index in [1.165, 1.54) is 55.3 Å². The number of fused-ring (bicyclic) bond motifs is 10. The number of furan rings is 6. The van der Waals surface area contributed by atoms with Gasteiger partial charge in [0.2, 0.25) is 11.8 Å². The Hall–Kier alpha value is -17.9. The SMILES string of the molecule is CC(=O)NCCNC(=O)c1ccc2[nH]nc(-c3cc4ccccc4o3)c2c1F.CC(C)[C@@H](CO)NC(=O)c1ccc2[nH]nc(-c3cc4ccccc4o3)c2c1F.C[C@H](NC(=O)c1ccc2[nH]nc(-c3cc4ccccc4o3)c2c1F)C(N)=O.O=C(NCCc1cccs1)c1ccc2[nH]nc(-c3cc4ccccc4o3)c2c1F.O=C(NCc1ccco1)c1ccc2[nH]nc(-c3cc4ccccc4o3)c2c1F. The number of carbonyl (C=O) groups is 7. The van der Waals surface area contributed by atoms with Crippen LogP contribution in [0.3, 0.4) is 0 Å². The Bertz CT molecular complexity index is 8260. The number of aliphatic hydroxyl groups excluding tert-OH is 1. The van der Waals surface area contributed by atoms with E-state index in [9.17, 15) is 38.7 Å². The number of primary amides is 1. The summed E-state index contributed by atoms with van der Waals surface area (Å²) in [6.07, 6.45) is 2.22. The predicted octanol–water partition coefficient (Wildman–Crippen LogP) is 19.3. The Balaban J connectivity index is 0.000000116. The smallest absolute Gasteiger partial charge is 0.254 e. The van der Waals surface area contributed by atoms with Crippen molar-refractivity contribution < 1.29 is 87.1 Å². The number of aromatic amines is 5. The Kier molecular flexibility index (Phi) is 26.7. The normalized spacial score (nSPS) is 11.8. The standard InChI is InChI=1S/C22H16FN3O2S.C21H14FN3O3.C21H20FN3O3.C20H17FN4O3.C19H15FN4O3/c23-20-15(22(27)24-10-9-14-5-3-11-29-14)7-8-16-19(20)21(26-25-16)18-12-13-4-1-2-6-17(13)28-18;22-19-14(21(26)23-11-13-5-3-9-27-13)7-8-15-18(19)20(25-24-15)17-10-12-4-1-2-6-16(12)28-17;1-11(2)15(10-26)23-21(27)13-7-8-14-18(19(13)22)20(25-24-14)17-9-12-5-3-4-6-16(12)28-17;1-11(26)22-8-9-23-20(27)13-6-7-14-17(18(13)21)19(25-24-14)16-10-12-4-2-3-5-15(12)28-16;1-9(18(21)25)22-19(26)11-6-7-12-15(16(11)20)17(24-23-12)14-8-10-4-2-3-5-13(10)27-14/h1-8,11-12H,9-10H2,(H,24,27)(H,25,26);1-10H,11H2,(H,23,26)(H,24,25);3-9,11,15,26H,10H2,1-2H3,(H,23,27)(H,24,25);2-7,10H,8-9H2,1H3,(H,22,26)(H,23,27)(H,24,25);2-9H,1H3,(H2,21,25)(H,22,26)(H,23,24)/t;;15-;;9-/m..1.0/s1. The molecule has 10 aromatic carbocycles. The van der Waals surface area contributed by atoms with Gasteiger partial charge in [-0.15, -0.1) is 11.3 Å². The van der Waals surface area contributed by atoms with E-state index in [1.807, 2.05) is 153 Å². The summed E-state index contributed by atoms with van der Waals surface area (Å²) in [5.74, 6) is -4.48. The second-order valence-electron chi connectivity index (χ2n) is 32.5. The number of benzene rings is 10. The van der Waals surface area contributed by atoms with E-state index in [0.717, 1.165) is 26.9 Å². The molecule has 0 bridgehead atoms. The first kappa shape index (κ1) is 92.6. The number of hydrogen-bond donors (Lipinski definition) is 13. The topological polar surface area (TPSA) is 460 Å². The van der Waals surface area contributed by atoms with Gasteiger partial charge < -0.3 is 69.2 Å². The molecule has 0 aliphatic rings. The van der Waals surface area contributed by atoms with Crippen LogP contribution in [0.4, 0.5) is 22.0 Å². The number of amides is 7. The van der Waals surface area contributed by atoms with Crippen LogP contribution in [0.25, 0.3) is 167 Å². The molecule has 0 aliphatic carbocycles. The maximum absolute atomic E-state index is 15.3. The third-order valence-corrected chi connectivity index (χ3v) is 23.9. The van der Waals surface area contributed by atoms with Gasteiger partial charge in [0.1, 0.15) is 97.3 Å². The van der Waals surface area contributed by atoms with E-state index >= 15 is 22.0 Å². The minimum atomic E-state index is -0.924. The molecule has 12 aromatic heterocycles. The quantitative estimate of drug-likeness (QED) is 0.0209. The van der Waals surface area contributed by atoms with Crippen molar-refractivity contribution in [2.75, 3.05) is 26.2 Å². The molecule has 0 aliphatic heterocycles. The molecule has 0 spiro atoms. The summed E-state index contributed by atoms with van der Waals surface area (Å²) in [5.41, 5.74) is 11.9. The maximum atomic E-state index is 15.3. The van der Waals surface area contributed by atoms with Gasteiger partial charge in [0.05, 0.1) is 108 Å². The first-order valence-corrected chi connectivity index (χ1v) is 44.7. The fourth-order valence-corrected chi connectivity index (χ4v) is 16.4. The van der Waals surface area contributed by atoms with Crippen LogP contribution < -0.4 is 37.6 Å². The first-order chi connectivity index (χ1) is 67.9. The predicted molar refractivity (Wildman–Crippen MR) is 517 cm³/mol. The minimum Gasteiger partial charge on any atom is -0.467 e.